The molecule has 1 aromatic rings. The van der Waals surface area contributed by atoms with Crippen LogP contribution in [0.15, 0.2) is 28.2 Å². The van der Waals surface area contributed by atoms with Crippen LogP contribution < -0.4 is 10.7 Å². The number of halogens is 2. The zero-order valence-corrected chi connectivity index (χ0v) is 22.8. The Morgan fingerprint density at radius 1 is 1.21 bits per heavy atom. The molecular weight excluding hydrogens is 494 g/mol. The van der Waals surface area contributed by atoms with Crippen LogP contribution in [0.5, 0.6) is 0 Å². The number of nitrogens with one attached hydrogen (secondary N) is 2. The van der Waals surface area contributed by atoms with Crippen LogP contribution in [-0.4, -0.2) is 71.0 Å². The molecule has 0 saturated carbocycles. The molecule has 208 valence electrons. The van der Waals surface area contributed by atoms with Crippen LogP contribution in [-0.2, 0) is 9.59 Å². The Labute approximate surface area is 222 Å². The molecule has 2 atom stereocenters. The minimum atomic E-state index is -0.744. The van der Waals surface area contributed by atoms with E-state index in [1.165, 1.54) is 6.07 Å². The van der Waals surface area contributed by atoms with E-state index in [2.05, 4.69) is 20.7 Å². The molecule has 9 nitrogen and oxygen atoms in total. The van der Waals surface area contributed by atoms with Gasteiger partial charge in [0, 0.05) is 30.6 Å². The lowest BCUT2D eigenvalue weighted by Crippen LogP contribution is -2.57. The fourth-order valence-electron chi connectivity index (χ4n) is 4.35. The molecule has 38 heavy (non-hydrogen) atoms. The first kappa shape index (κ1) is 29.2. The lowest BCUT2D eigenvalue weighted by atomic mass is 9.90. The van der Waals surface area contributed by atoms with Crippen LogP contribution >= 0.6 is 0 Å². The SMILES string of the molecule is C[C@H](NC(=O)N(CC(=O)N1CCCC[C@@H]1C)NC(=O)CCC(C)(C)C)C1=NCC(c2ccc(F)cc2F)=N1. The smallest absolute Gasteiger partial charge is 0.337 e. The Morgan fingerprint density at radius 3 is 2.61 bits per heavy atom. The number of rotatable bonds is 7. The highest BCUT2D eigenvalue weighted by molar-refractivity contribution is 6.14. The highest BCUT2D eigenvalue weighted by atomic mass is 19.1. The van der Waals surface area contributed by atoms with Crippen molar-refractivity contribution < 1.29 is 23.2 Å². The van der Waals surface area contributed by atoms with Gasteiger partial charge in [0.25, 0.3) is 0 Å². The number of carbonyl (C=O) groups excluding carboxylic acids is 3. The van der Waals surface area contributed by atoms with E-state index in [-0.39, 0.29) is 54.2 Å². The number of aliphatic imine (C=N–C) groups is 2. The number of hydrogen-bond acceptors (Lipinski definition) is 5. The van der Waals surface area contributed by atoms with Crippen molar-refractivity contribution >= 4 is 29.4 Å². The molecular formula is C27H38F2N6O3. The Kier molecular flexibility index (Phi) is 9.56. The van der Waals surface area contributed by atoms with Crippen molar-refractivity contribution in [1.29, 1.82) is 0 Å². The molecule has 3 rings (SSSR count). The number of nitrogens with zero attached hydrogens (tertiary/aromatic N) is 4. The van der Waals surface area contributed by atoms with Crippen molar-refractivity contribution in [2.45, 2.75) is 78.8 Å². The zero-order valence-electron chi connectivity index (χ0n) is 22.8. The lowest BCUT2D eigenvalue weighted by Gasteiger charge is -2.35. The largest absolute Gasteiger partial charge is 0.338 e. The fraction of sp³-hybridized carbons (Fsp3) is 0.593. The molecule has 0 aromatic heterocycles. The van der Waals surface area contributed by atoms with Gasteiger partial charge in [-0.15, -0.1) is 0 Å². The van der Waals surface area contributed by atoms with E-state index in [0.717, 1.165) is 36.4 Å². The summed E-state index contributed by atoms with van der Waals surface area (Å²) >= 11 is 0. The molecule has 0 aliphatic carbocycles. The van der Waals surface area contributed by atoms with Gasteiger partial charge in [0.2, 0.25) is 11.8 Å². The van der Waals surface area contributed by atoms with Crippen LogP contribution in [0.3, 0.4) is 0 Å². The number of carbonyl (C=O) groups is 3. The monoisotopic (exact) mass is 532 g/mol. The van der Waals surface area contributed by atoms with Crippen LogP contribution in [0.4, 0.5) is 13.6 Å². The Hall–Kier alpha value is -3.37. The van der Waals surface area contributed by atoms with Gasteiger partial charge in [-0.05, 0) is 57.1 Å². The molecule has 4 amide bonds. The Bertz CT molecular complexity index is 1110. The summed E-state index contributed by atoms with van der Waals surface area (Å²) in [7, 11) is 0. The predicted molar refractivity (Wildman–Crippen MR) is 142 cm³/mol. The summed E-state index contributed by atoms with van der Waals surface area (Å²) in [5.41, 5.74) is 2.98. The number of amidine groups is 1. The number of likely N-dealkylation sites (tertiary alicyclic amines) is 1. The maximum atomic E-state index is 14.2. The average Bonchev–Trinajstić information content (AvgIpc) is 3.32. The van der Waals surface area contributed by atoms with Gasteiger partial charge < -0.3 is 10.2 Å². The van der Waals surface area contributed by atoms with Gasteiger partial charge in [-0.1, -0.05) is 20.8 Å². The molecule has 11 heteroatoms. The molecule has 0 spiro atoms. The van der Waals surface area contributed by atoms with E-state index in [1.54, 1.807) is 11.8 Å². The fourth-order valence-corrected chi connectivity index (χ4v) is 4.35. The van der Waals surface area contributed by atoms with Crippen molar-refractivity contribution in [2.24, 2.45) is 15.4 Å². The summed E-state index contributed by atoms with van der Waals surface area (Å²) in [4.78, 5) is 49.3. The van der Waals surface area contributed by atoms with Crippen molar-refractivity contribution in [3.05, 3.63) is 35.4 Å². The first-order valence-corrected chi connectivity index (χ1v) is 13.1. The van der Waals surface area contributed by atoms with Crippen molar-refractivity contribution in [3.63, 3.8) is 0 Å². The third-order valence-electron chi connectivity index (χ3n) is 6.63. The third kappa shape index (κ3) is 8.06. The summed E-state index contributed by atoms with van der Waals surface area (Å²) in [6.45, 7) is 10.1. The number of hydrogen-bond donors (Lipinski definition) is 2. The topological polar surface area (TPSA) is 106 Å². The number of hydrazine groups is 1. The van der Waals surface area contributed by atoms with Crippen LogP contribution in [0, 0.1) is 17.0 Å². The molecule has 0 unspecified atom stereocenters. The second-order valence-corrected chi connectivity index (χ2v) is 11.1. The standard InChI is InChI=1S/C27H38F2N6O3/c1-17-8-6-7-13-34(17)24(37)16-35(33-23(36)11-12-27(3,4)5)26(38)31-18(2)25-30-15-22(32-25)20-10-9-19(28)14-21(20)29/h9-10,14,17-18H,6-8,11-13,15-16H2,1-5H3,(H,31,38)(H,33,36)/t17-,18-/m0/s1. The van der Waals surface area contributed by atoms with Crippen molar-refractivity contribution in [3.8, 4) is 0 Å². The molecule has 2 aliphatic heterocycles. The molecule has 0 radical (unpaired) electrons. The number of benzene rings is 1. The van der Waals surface area contributed by atoms with Gasteiger partial charge in [0.15, 0.2) is 0 Å². The van der Waals surface area contributed by atoms with E-state index in [9.17, 15) is 23.2 Å². The third-order valence-corrected chi connectivity index (χ3v) is 6.63. The van der Waals surface area contributed by atoms with Crippen molar-refractivity contribution in [2.75, 3.05) is 19.6 Å². The minimum Gasteiger partial charge on any atom is -0.338 e. The molecule has 2 heterocycles. The predicted octanol–water partition coefficient (Wildman–Crippen LogP) is 3.82. The summed E-state index contributed by atoms with van der Waals surface area (Å²) in [6.07, 6.45) is 3.63. The van der Waals surface area contributed by atoms with Crippen LogP contribution in [0.2, 0.25) is 0 Å². The van der Waals surface area contributed by atoms with Gasteiger partial charge in [-0.3, -0.25) is 20.0 Å². The molecule has 2 aliphatic rings. The summed E-state index contributed by atoms with van der Waals surface area (Å²) in [5, 5.41) is 3.73. The summed E-state index contributed by atoms with van der Waals surface area (Å²) < 4.78 is 27.5. The van der Waals surface area contributed by atoms with Crippen molar-refractivity contribution in [1.82, 2.24) is 20.7 Å². The molecule has 1 aromatic carbocycles. The second-order valence-electron chi connectivity index (χ2n) is 11.1. The first-order valence-electron chi connectivity index (χ1n) is 13.1. The van der Waals surface area contributed by atoms with Crippen LogP contribution in [0.1, 0.15) is 72.3 Å². The van der Waals surface area contributed by atoms with E-state index in [0.29, 0.717) is 18.7 Å². The first-order chi connectivity index (χ1) is 17.8. The maximum Gasteiger partial charge on any atom is 0.337 e. The Morgan fingerprint density at radius 2 is 1.95 bits per heavy atom. The second kappa shape index (κ2) is 12.4. The zero-order chi connectivity index (χ0) is 28.0. The number of amides is 4. The van der Waals surface area contributed by atoms with E-state index < -0.39 is 23.7 Å². The normalized spacial score (nSPS) is 18.4. The Balaban J connectivity index is 1.69. The van der Waals surface area contributed by atoms with E-state index >= 15 is 0 Å². The van der Waals surface area contributed by atoms with Crippen LogP contribution in [0.25, 0.3) is 0 Å². The molecule has 1 fully saturated rings. The average molecular weight is 533 g/mol. The van der Waals surface area contributed by atoms with E-state index in [1.807, 2.05) is 27.7 Å². The van der Waals surface area contributed by atoms with Gasteiger partial charge in [-0.25, -0.2) is 23.6 Å². The molecule has 1 saturated heterocycles. The quantitative estimate of drug-likeness (QED) is 0.522. The lowest BCUT2D eigenvalue weighted by molar-refractivity contribution is -0.136. The summed E-state index contributed by atoms with van der Waals surface area (Å²) in [6, 6.07) is 1.91. The minimum absolute atomic E-state index is 0.0594. The number of urea groups is 1. The maximum absolute atomic E-state index is 14.2. The number of piperidine rings is 1. The highest BCUT2D eigenvalue weighted by Gasteiger charge is 2.29. The van der Waals surface area contributed by atoms with E-state index in [4.69, 9.17) is 0 Å². The highest BCUT2D eigenvalue weighted by Crippen LogP contribution is 2.21. The summed E-state index contributed by atoms with van der Waals surface area (Å²) in [5.74, 6) is -1.79. The van der Waals surface area contributed by atoms with Gasteiger partial charge in [0.05, 0.1) is 18.3 Å². The van der Waals surface area contributed by atoms with Gasteiger partial charge in [-0.2, -0.15) is 0 Å². The van der Waals surface area contributed by atoms with Gasteiger partial charge >= 0.3 is 6.03 Å². The van der Waals surface area contributed by atoms with Gasteiger partial charge in [0.1, 0.15) is 24.0 Å². The molecule has 0 bridgehead atoms. The molecule has 2 N–H and O–H groups in total.